The van der Waals surface area contributed by atoms with Crippen LogP contribution in [0.5, 0.6) is 17.2 Å². The van der Waals surface area contributed by atoms with Crippen LogP contribution in [0.25, 0.3) is 11.3 Å². The van der Waals surface area contributed by atoms with Crippen LogP contribution in [0.15, 0.2) is 48.5 Å². The predicted octanol–water partition coefficient (Wildman–Crippen LogP) is 4.93. The molecule has 1 heterocycles. The Kier molecular flexibility index (Phi) is 9.06. The molecule has 1 amide bonds. The number of amides is 1. The Bertz CT molecular complexity index is 1230. The van der Waals surface area contributed by atoms with E-state index in [1.165, 1.54) is 50.6 Å². The number of hydrogen-bond donors (Lipinski definition) is 2. The molecule has 0 spiro atoms. The summed E-state index contributed by atoms with van der Waals surface area (Å²) < 4.78 is 42.0. The van der Waals surface area contributed by atoms with Crippen molar-refractivity contribution in [1.82, 2.24) is 10.3 Å². The summed E-state index contributed by atoms with van der Waals surface area (Å²) in [5, 5.41) is 14.0. The first-order valence-corrected chi connectivity index (χ1v) is 11.5. The maximum Gasteiger partial charge on any atom is 0.251 e. The average Bonchev–Trinajstić information content (AvgIpc) is 2.91. The third-order valence-corrected chi connectivity index (χ3v) is 5.92. The summed E-state index contributed by atoms with van der Waals surface area (Å²) in [5.74, 6) is -0.0294. The number of halogens is 3. The molecule has 1 atom stereocenters. The number of pyridine rings is 1. The van der Waals surface area contributed by atoms with Crippen molar-refractivity contribution in [1.29, 1.82) is 0 Å². The minimum atomic E-state index is -1.52. The highest BCUT2D eigenvalue weighted by Crippen LogP contribution is 2.34. The van der Waals surface area contributed by atoms with Gasteiger partial charge in [0.15, 0.2) is 11.5 Å². The number of ether oxygens (including phenoxy) is 3. The van der Waals surface area contributed by atoms with E-state index >= 15 is 0 Å². The first kappa shape index (κ1) is 27.2. The lowest BCUT2D eigenvalue weighted by Crippen LogP contribution is -2.41. The molecule has 36 heavy (non-hydrogen) atoms. The first-order chi connectivity index (χ1) is 17.3. The molecule has 0 aliphatic carbocycles. The van der Waals surface area contributed by atoms with Crippen LogP contribution in [0, 0.1) is 5.82 Å². The lowest BCUT2D eigenvalue weighted by atomic mass is 9.94. The summed E-state index contributed by atoms with van der Waals surface area (Å²) in [4.78, 5) is 17.4. The van der Waals surface area contributed by atoms with E-state index < -0.39 is 24.0 Å². The highest BCUT2D eigenvalue weighted by molar-refractivity contribution is 6.31. The second kappa shape index (κ2) is 12.0. The molecule has 3 rings (SSSR count). The monoisotopic (exact) mass is 520 g/mol. The molecule has 0 bridgehead atoms. The number of aliphatic hydroxyl groups is 1. The van der Waals surface area contributed by atoms with E-state index in [9.17, 15) is 18.7 Å². The molecule has 1 unspecified atom stereocenters. The summed E-state index contributed by atoms with van der Waals surface area (Å²) >= 11 is 5.94. The third-order valence-electron chi connectivity index (χ3n) is 5.63. The number of carbonyl (C=O) groups excluding carboxylic acids is 1. The van der Waals surface area contributed by atoms with Gasteiger partial charge in [-0.25, -0.2) is 13.8 Å². The molecule has 7 nitrogen and oxygen atoms in total. The van der Waals surface area contributed by atoms with Gasteiger partial charge in [-0.05, 0) is 55.0 Å². The van der Waals surface area contributed by atoms with Crippen molar-refractivity contribution in [2.75, 3.05) is 34.0 Å². The van der Waals surface area contributed by atoms with Crippen molar-refractivity contribution in [3.05, 3.63) is 70.6 Å². The Hall–Kier alpha value is -3.43. The van der Waals surface area contributed by atoms with E-state index in [1.54, 1.807) is 19.1 Å². The highest BCUT2D eigenvalue weighted by Gasteiger charge is 2.31. The maximum absolute atomic E-state index is 13.7. The van der Waals surface area contributed by atoms with Gasteiger partial charge in [-0.1, -0.05) is 18.5 Å². The van der Waals surface area contributed by atoms with Crippen molar-refractivity contribution in [2.24, 2.45) is 0 Å². The molecule has 0 radical (unpaired) electrons. The zero-order chi connectivity index (χ0) is 26.3. The number of hydrogen-bond acceptors (Lipinski definition) is 6. The summed E-state index contributed by atoms with van der Waals surface area (Å²) in [5.41, 5.74) is -0.0980. The molecule has 192 valence electrons. The van der Waals surface area contributed by atoms with Crippen LogP contribution in [0.1, 0.15) is 29.4 Å². The summed E-state index contributed by atoms with van der Waals surface area (Å²) in [7, 11) is 2.89. The Labute approximate surface area is 213 Å². The predicted molar refractivity (Wildman–Crippen MR) is 132 cm³/mol. The van der Waals surface area contributed by atoms with Crippen molar-refractivity contribution in [3.63, 3.8) is 0 Å². The molecule has 2 aromatic carbocycles. The Morgan fingerprint density at radius 3 is 2.44 bits per heavy atom. The molecule has 0 saturated heterocycles. The van der Waals surface area contributed by atoms with Gasteiger partial charge in [-0.3, -0.25) is 4.79 Å². The average molecular weight is 521 g/mol. The SMILES string of the molecule is CCC(O)(CNC(=O)c1ccc(OCCF)c(OC)c1)c1ccc(OC)c(-c2ccc(F)c(Cl)c2)n1. The maximum atomic E-state index is 13.7. The number of nitrogens with zero attached hydrogens (tertiary/aromatic N) is 1. The molecule has 0 fully saturated rings. The number of methoxy groups -OCH3 is 2. The van der Waals surface area contributed by atoms with Gasteiger partial charge in [0, 0.05) is 11.1 Å². The number of alkyl halides is 1. The van der Waals surface area contributed by atoms with Crippen LogP contribution >= 0.6 is 11.6 Å². The summed E-state index contributed by atoms with van der Waals surface area (Å²) in [6, 6.07) is 11.9. The zero-order valence-corrected chi connectivity index (χ0v) is 20.9. The number of carbonyl (C=O) groups is 1. The number of nitrogens with one attached hydrogen (secondary N) is 1. The van der Waals surface area contributed by atoms with Crippen LogP contribution in [0.4, 0.5) is 8.78 Å². The molecule has 10 heteroatoms. The second-order valence-corrected chi connectivity index (χ2v) is 8.25. The Morgan fingerprint density at radius 2 is 1.81 bits per heavy atom. The minimum Gasteiger partial charge on any atom is -0.494 e. The van der Waals surface area contributed by atoms with E-state index in [1.807, 2.05) is 0 Å². The fourth-order valence-corrected chi connectivity index (χ4v) is 3.70. The third kappa shape index (κ3) is 6.03. The topological polar surface area (TPSA) is 89.9 Å². The Balaban J connectivity index is 1.84. The van der Waals surface area contributed by atoms with Crippen LogP contribution in [-0.4, -0.2) is 50.0 Å². The van der Waals surface area contributed by atoms with Crippen molar-refractivity contribution < 1.29 is 32.9 Å². The molecule has 0 aliphatic heterocycles. The summed E-state index contributed by atoms with van der Waals surface area (Å²) in [6.07, 6.45) is 0.232. The Morgan fingerprint density at radius 1 is 1.08 bits per heavy atom. The summed E-state index contributed by atoms with van der Waals surface area (Å²) in [6.45, 7) is 0.822. The van der Waals surface area contributed by atoms with E-state index in [0.29, 0.717) is 22.8 Å². The van der Waals surface area contributed by atoms with Crippen molar-refractivity contribution in [3.8, 4) is 28.5 Å². The lowest BCUT2D eigenvalue weighted by Gasteiger charge is -2.27. The van der Waals surface area contributed by atoms with Gasteiger partial charge in [0.2, 0.25) is 0 Å². The standard InChI is InChI=1S/C26H27ClF2N2O5/c1-4-26(33,15-30-25(32)17-6-8-20(36-12-11-28)22(14-17)35-3)23-10-9-21(34-2)24(31-23)16-5-7-19(29)18(27)13-16/h5-10,13-14,33H,4,11-12,15H2,1-3H3,(H,30,32). The van der Waals surface area contributed by atoms with Gasteiger partial charge in [0.1, 0.15) is 36.1 Å². The van der Waals surface area contributed by atoms with Gasteiger partial charge in [0.25, 0.3) is 5.91 Å². The first-order valence-electron chi connectivity index (χ1n) is 11.1. The molecule has 1 aromatic heterocycles. The quantitative estimate of drug-likeness (QED) is 0.372. The molecule has 0 aliphatic rings. The van der Waals surface area contributed by atoms with Crippen LogP contribution in [0.2, 0.25) is 5.02 Å². The van der Waals surface area contributed by atoms with Crippen molar-refractivity contribution in [2.45, 2.75) is 18.9 Å². The van der Waals surface area contributed by atoms with Crippen molar-refractivity contribution >= 4 is 17.5 Å². The largest absolute Gasteiger partial charge is 0.494 e. The van der Waals surface area contributed by atoms with Gasteiger partial charge in [-0.2, -0.15) is 0 Å². The normalized spacial score (nSPS) is 12.5. The van der Waals surface area contributed by atoms with E-state index in [0.717, 1.165) is 0 Å². The van der Waals surface area contributed by atoms with E-state index in [-0.39, 0.29) is 41.6 Å². The molecular formula is C26H27ClF2N2O5. The van der Waals surface area contributed by atoms with E-state index in [2.05, 4.69) is 10.3 Å². The van der Waals surface area contributed by atoms with Crippen LogP contribution < -0.4 is 19.5 Å². The molecule has 0 saturated carbocycles. The fraction of sp³-hybridized carbons (Fsp3) is 0.308. The van der Waals surface area contributed by atoms with Gasteiger partial charge in [0.05, 0.1) is 31.5 Å². The number of aromatic nitrogens is 1. The molecule has 2 N–H and O–H groups in total. The fourth-order valence-electron chi connectivity index (χ4n) is 3.52. The zero-order valence-electron chi connectivity index (χ0n) is 20.1. The minimum absolute atomic E-state index is 0.0729. The number of rotatable bonds is 11. The highest BCUT2D eigenvalue weighted by atomic mass is 35.5. The van der Waals surface area contributed by atoms with Gasteiger partial charge >= 0.3 is 0 Å². The smallest absolute Gasteiger partial charge is 0.251 e. The molecule has 3 aromatic rings. The van der Waals surface area contributed by atoms with Crippen LogP contribution in [0.3, 0.4) is 0 Å². The lowest BCUT2D eigenvalue weighted by molar-refractivity contribution is 0.0275. The second-order valence-electron chi connectivity index (χ2n) is 7.85. The van der Waals surface area contributed by atoms with E-state index in [4.69, 9.17) is 25.8 Å². The number of benzene rings is 2. The van der Waals surface area contributed by atoms with Crippen LogP contribution in [-0.2, 0) is 5.60 Å². The van der Waals surface area contributed by atoms with Gasteiger partial charge in [-0.15, -0.1) is 0 Å². The molecular weight excluding hydrogens is 494 g/mol. The van der Waals surface area contributed by atoms with Gasteiger partial charge < -0.3 is 24.6 Å².